The highest BCUT2D eigenvalue weighted by molar-refractivity contribution is 5.96. The minimum absolute atomic E-state index is 0.0724. The molecule has 0 saturated heterocycles. The van der Waals surface area contributed by atoms with E-state index in [1.807, 2.05) is 0 Å². The standard InChI is InChI=1S/C12H14FNO/c13-10-3-1-9(2-4-10)12(15)7-8-14-11-5-6-11/h1-4,11,14H,5-8H2. The Kier molecular flexibility index (Phi) is 3.11. The van der Waals surface area contributed by atoms with Gasteiger partial charge < -0.3 is 5.32 Å². The maximum absolute atomic E-state index is 12.6. The second-order valence-corrected chi connectivity index (χ2v) is 3.91. The second-order valence-electron chi connectivity index (χ2n) is 3.91. The van der Waals surface area contributed by atoms with Gasteiger partial charge in [-0.3, -0.25) is 4.79 Å². The highest BCUT2D eigenvalue weighted by Crippen LogP contribution is 2.18. The van der Waals surface area contributed by atoms with E-state index in [4.69, 9.17) is 0 Å². The van der Waals surface area contributed by atoms with Crippen LogP contribution in [0.25, 0.3) is 0 Å². The van der Waals surface area contributed by atoms with Crippen LogP contribution in [-0.2, 0) is 0 Å². The Balaban J connectivity index is 1.81. The maximum atomic E-state index is 12.6. The molecule has 1 fully saturated rings. The quantitative estimate of drug-likeness (QED) is 0.749. The van der Waals surface area contributed by atoms with Gasteiger partial charge >= 0.3 is 0 Å². The Labute approximate surface area is 88.5 Å². The van der Waals surface area contributed by atoms with Crippen molar-refractivity contribution in [1.82, 2.24) is 5.32 Å². The summed E-state index contributed by atoms with van der Waals surface area (Å²) in [6.07, 6.45) is 2.94. The summed E-state index contributed by atoms with van der Waals surface area (Å²) in [5, 5.41) is 3.27. The second kappa shape index (κ2) is 4.53. The third-order valence-corrected chi connectivity index (χ3v) is 2.53. The van der Waals surface area contributed by atoms with Gasteiger partial charge in [0.1, 0.15) is 5.82 Å². The Morgan fingerprint density at radius 3 is 2.60 bits per heavy atom. The SMILES string of the molecule is O=C(CCNC1CC1)c1ccc(F)cc1. The lowest BCUT2D eigenvalue weighted by molar-refractivity contribution is 0.0982. The van der Waals surface area contributed by atoms with Gasteiger partial charge in [0.05, 0.1) is 0 Å². The molecule has 1 aromatic carbocycles. The molecule has 0 bridgehead atoms. The molecule has 0 aliphatic heterocycles. The number of carbonyl (C=O) groups is 1. The fourth-order valence-corrected chi connectivity index (χ4v) is 1.46. The largest absolute Gasteiger partial charge is 0.314 e. The minimum atomic E-state index is -0.303. The zero-order valence-corrected chi connectivity index (χ0v) is 8.50. The molecule has 1 N–H and O–H groups in total. The van der Waals surface area contributed by atoms with Crippen molar-refractivity contribution in [3.05, 3.63) is 35.6 Å². The molecule has 2 rings (SSSR count). The lowest BCUT2D eigenvalue weighted by Crippen LogP contribution is -2.20. The number of rotatable bonds is 5. The summed E-state index contributed by atoms with van der Waals surface area (Å²) >= 11 is 0. The molecule has 1 aliphatic rings. The third kappa shape index (κ3) is 3.13. The van der Waals surface area contributed by atoms with Crippen LogP contribution < -0.4 is 5.32 Å². The first kappa shape index (κ1) is 10.3. The third-order valence-electron chi connectivity index (χ3n) is 2.53. The summed E-state index contributed by atoms with van der Waals surface area (Å²) in [7, 11) is 0. The van der Waals surface area contributed by atoms with Crippen molar-refractivity contribution in [3.63, 3.8) is 0 Å². The molecule has 0 radical (unpaired) electrons. The molecule has 2 nitrogen and oxygen atoms in total. The number of hydrogen-bond acceptors (Lipinski definition) is 2. The zero-order valence-electron chi connectivity index (χ0n) is 8.50. The summed E-state index contributed by atoms with van der Waals surface area (Å²) in [5.74, 6) is -0.231. The molecule has 0 spiro atoms. The molecule has 1 saturated carbocycles. The van der Waals surface area contributed by atoms with E-state index in [0.29, 0.717) is 18.0 Å². The van der Waals surface area contributed by atoms with Crippen LogP contribution in [0.15, 0.2) is 24.3 Å². The molecular formula is C12H14FNO. The van der Waals surface area contributed by atoms with Crippen LogP contribution in [-0.4, -0.2) is 18.4 Å². The van der Waals surface area contributed by atoms with Gasteiger partial charge in [-0.05, 0) is 37.1 Å². The van der Waals surface area contributed by atoms with Crippen LogP contribution in [0.4, 0.5) is 4.39 Å². The van der Waals surface area contributed by atoms with Crippen LogP contribution in [0.3, 0.4) is 0 Å². The molecule has 0 amide bonds. The van der Waals surface area contributed by atoms with Crippen molar-refractivity contribution in [2.45, 2.75) is 25.3 Å². The van der Waals surface area contributed by atoms with Crippen LogP contribution in [0.2, 0.25) is 0 Å². The first-order valence-electron chi connectivity index (χ1n) is 5.28. The lowest BCUT2D eigenvalue weighted by atomic mass is 10.1. The first-order chi connectivity index (χ1) is 7.25. The van der Waals surface area contributed by atoms with Crippen molar-refractivity contribution < 1.29 is 9.18 Å². The number of benzene rings is 1. The van der Waals surface area contributed by atoms with Gasteiger partial charge in [0.2, 0.25) is 0 Å². The topological polar surface area (TPSA) is 29.1 Å². The molecule has 15 heavy (non-hydrogen) atoms. The van der Waals surface area contributed by atoms with Crippen molar-refractivity contribution in [2.24, 2.45) is 0 Å². The molecular weight excluding hydrogens is 193 g/mol. The predicted molar refractivity (Wildman–Crippen MR) is 56.4 cm³/mol. The van der Waals surface area contributed by atoms with E-state index in [-0.39, 0.29) is 11.6 Å². The molecule has 0 atom stereocenters. The normalized spacial score (nSPS) is 15.3. The van der Waals surface area contributed by atoms with Gasteiger partial charge in [0, 0.05) is 24.6 Å². The van der Waals surface area contributed by atoms with E-state index in [1.54, 1.807) is 0 Å². The van der Waals surface area contributed by atoms with Crippen LogP contribution in [0.1, 0.15) is 29.6 Å². The number of hydrogen-bond donors (Lipinski definition) is 1. The molecule has 80 valence electrons. The van der Waals surface area contributed by atoms with E-state index in [9.17, 15) is 9.18 Å². The van der Waals surface area contributed by atoms with Crippen molar-refractivity contribution in [1.29, 1.82) is 0 Å². The Hall–Kier alpha value is -1.22. The van der Waals surface area contributed by atoms with Crippen LogP contribution in [0, 0.1) is 5.82 Å². The summed E-state index contributed by atoms with van der Waals surface area (Å²) in [5.41, 5.74) is 0.592. The number of nitrogens with one attached hydrogen (secondary N) is 1. The van der Waals surface area contributed by atoms with Gasteiger partial charge in [-0.2, -0.15) is 0 Å². The molecule has 0 unspecified atom stereocenters. The fraction of sp³-hybridized carbons (Fsp3) is 0.417. The first-order valence-corrected chi connectivity index (χ1v) is 5.28. The summed E-state index contributed by atoms with van der Waals surface area (Å²) in [4.78, 5) is 11.6. The number of halogens is 1. The summed E-state index contributed by atoms with van der Waals surface area (Å²) in [6.45, 7) is 0.723. The smallest absolute Gasteiger partial charge is 0.164 e. The Morgan fingerprint density at radius 2 is 2.00 bits per heavy atom. The monoisotopic (exact) mass is 207 g/mol. The Bertz CT molecular complexity index is 343. The van der Waals surface area contributed by atoms with Crippen molar-refractivity contribution >= 4 is 5.78 Å². The highest BCUT2D eigenvalue weighted by Gasteiger charge is 2.20. The van der Waals surface area contributed by atoms with Gasteiger partial charge in [-0.25, -0.2) is 4.39 Å². The summed E-state index contributed by atoms with van der Waals surface area (Å²) < 4.78 is 12.6. The predicted octanol–water partition coefficient (Wildman–Crippen LogP) is 2.15. The highest BCUT2D eigenvalue weighted by atomic mass is 19.1. The molecule has 1 aliphatic carbocycles. The van der Waals surface area contributed by atoms with Gasteiger partial charge in [0.15, 0.2) is 5.78 Å². The molecule has 0 aromatic heterocycles. The number of Topliss-reactive ketones (excluding diaryl/α,β-unsaturated/α-hetero) is 1. The van der Waals surface area contributed by atoms with E-state index in [2.05, 4.69) is 5.32 Å². The van der Waals surface area contributed by atoms with Gasteiger partial charge in [-0.1, -0.05) is 0 Å². The minimum Gasteiger partial charge on any atom is -0.314 e. The zero-order chi connectivity index (χ0) is 10.7. The van der Waals surface area contributed by atoms with Gasteiger partial charge in [-0.15, -0.1) is 0 Å². The van der Waals surface area contributed by atoms with E-state index in [0.717, 1.165) is 6.54 Å². The maximum Gasteiger partial charge on any atom is 0.164 e. The average Bonchev–Trinajstić information content (AvgIpc) is 3.02. The van der Waals surface area contributed by atoms with E-state index < -0.39 is 0 Å². The van der Waals surface area contributed by atoms with E-state index >= 15 is 0 Å². The van der Waals surface area contributed by atoms with Crippen molar-refractivity contribution in [2.75, 3.05) is 6.54 Å². The number of ketones is 1. The number of carbonyl (C=O) groups excluding carboxylic acids is 1. The van der Waals surface area contributed by atoms with Crippen LogP contribution >= 0.6 is 0 Å². The molecule has 0 heterocycles. The van der Waals surface area contributed by atoms with Crippen LogP contribution in [0.5, 0.6) is 0 Å². The van der Waals surface area contributed by atoms with Crippen molar-refractivity contribution in [3.8, 4) is 0 Å². The van der Waals surface area contributed by atoms with E-state index in [1.165, 1.54) is 37.1 Å². The lowest BCUT2D eigenvalue weighted by Gasteiger charge is -2.02. The summed E-state index contributed by atoms with van der Waals surface area (Å²) in [6, 6.07) is 6.35. The molecule has 3 heteroatoms. The average molecular weight is 207 g/mol. The Morgan fingerprint density at radius 1 is 1.33 bits per heavy atom. The fourth-order valence-electron chi connectivity index (χ4n) is 1.46. The molecule has 1 aromatic rings. The van der Waals surface area contributed by atoms with Gasteiger partial charge in [0.25, 0.3) is 0 Å².